The molecule has 0 amide bonds. The van der Waals surface area contributed by atoms with Crippen LogP contribution in [0.2, 0.25) is 0 Å². The highest BCUT2D eigenvalue weighted by atomic mass is 16.4. The van der Waals surface area contributed by atoms with Gasteiger partial charge in [-0.3, -0.25) is 0 Å². The Hall–Kier alpha value is -2.08. The summed E-state index contributed by atoms with van der Waals surface area (Å²) >= 11 is 0. The molecule has 1 saturated heterocycles. The number of likely N-dealkylation sites (N-methyl/N-ethyl adjacent to an activating group) is 1. The summed E-state index contributed by atoms with van der Waals surface area (Å²) in [6.45, 7) is 6.85. The predicted molar refractivity (Wildman–Crippen MR) is 76.2 cm³/mol. The second kappa shape index (κ2) is 7.49. The molecule has 110 valence electrons. The number of benzene rings is 1. The summed E-state index contributed by atoms with van der Waals surface area (Å²) < 4.78 is 0. The molecule has 0 radical (unpaired) electrons. The molecule has 6 heteroatoms. The van der Waals surface area contributed by atoms with Gasteiger partial charge in [0.25, 0.3) is 0 Å². The van der Waals surface area contributed by atoms with E-state index in [1.165, 1.54) is 24.3 Å². The molecule has 2 rings (SSSR count). The highest BCUT2D eigenvalue weighted by molar-refractivity contribution is 6.27. The van der Waals surface area contributed by atoms with E-state index in [0.29, 0.717) is 0 Å². The number of carboxylic acids is 2. The average molecular weight is 280 g/mol. The van der Waals surface area contributed by atoms with Crippen LogP contribution < -0.4 is 4.90 Å². The third-order valence-corrected chi connectivity index (χ3v) is 3.14. The van der Waals surface area contributed by atoms with Gasteiger partial charge in [-0.15, -0.1) is 0 Å². The minimum atomic E-state index is -1.82. The van der Waals surface area contributed by atoms with Crippen LogP contribution in [0.25, 0.3) is 0 Å². The first-order chi connectivity index (χ1) is 9.41. The zero-order chi connectivity index (χ0) is 15.1. The van der Waals surface area contributed by atoms with Crippen molar-refractivity contribution >= 4 is 17.6 Å². The van der Waals surface area contributed by atoms with Crippen molar-refractivity contribution in [3.8, 4) is 0 Å². The summed E-state index contributed by atoms with van der Waals surface area (Å²) in [5, 5.41) is 14.8. The Morgan fingerprint density at radius 2 is 1.50 bits per heavy atom. The lowest BCUT2D eigenvalue weighted by Crippen LogP contribution is -2.44. The van der Waals surface area contributed by atoms with Gasteiger partial charge >= 0.3 is 11.9 Å². The quantitative estimate of drug-likeness (QED) is 0.744. The molecule has 20 heavy (non-hydrogen) atoms. The summed E-state index contributed by atoms with van der Waals surface area (Å²) in [4.78, 5) is 23.1. The van der Waals surface area contributed by atoms with Crippen molar-refractivity contribution < 1.29 is 19.8 Å². The lowest BCUT2D eigenvalue weighted by molar-refractivity contribution is -0.159. The van der Waals surface area contributed by atoms with Crippen molar-refractivity contribution in [1.29, 1.82) is 0 Å². The smallest absolute Gasteiger partial charge is 0.414 e. The van der Waals surface area contributed by atoms with Crippen LogP contribution in [0.4, 0.5) is 5.69 Å². The lowest BCUT2D eigenvalue weighted by Gasteiger charge is -2.34. The number of hydrogen-bond donors (Lipinski definition) is 2. The van der Waals surface area contributed by atoms with E-state index in [1.807, 2.05) is 0 Å². The monoisotopic (exact) mass is 280 g/mol. The summed E-state index contributed by atoms with van der Waals surface area (Å²) in [6.07, 6.45) is 0. The molecule has 0 atom stereocenters. The van der Waals surface area contributed by atoms with Crippen molar-refractivity contribution in [3.63, 3.8) is 0 Å². The van der Waals surface area contributed by atoms with Crippen molar-refractivity contribution in [2.45, 2.75) is 6.92 Å². The highest BCUT2D eigenvalue weighted by Gasteiger charge is 2.14. The van der Waals surface area contributed by atoms with E-state index in [0.717, 1.165) is 13.1 Å². The minimum Gasteiger partial charge on any atom is -0.473 e. The van der Waals surface area contributed by atoms with Gasteiger partial charge in [-0.1, -0.05) is 18.2 Å². The minimum absolute atomic E-state index is 1.15. The fraction of sp³-hybridized carbons (Fsp3) is 0.429. The van der Waals surface area contributed by atoms with Crippen molar-refractivity contribution in [2.75, 3.05) is 38.1 Å². The van der Waals surface area contributed by atoms with Crippen LogP contribution in [-0.4, -0.2) is 60.3 Å². The van der Waals surface area contributed by atoms with E-state index in [1.54, 1.807) is 0 Å². The third-order valence-electron chi connectivity index (χ3n) is 3.14. The van der Waals surface area contributed by atoms with Gasteiger partial charge in [0, 0.05) is 31.9 Å². The van der Waals surface area contributed by atoms with Crippen LogP contribution in [0.1, 0.15) is 5.56 Å². The Labute approximate surface area is 118 Å². The van der Waals surface area contributed by atoms with Gasteiger partial charge in [0.05, 0.1) is 0 Å². The van der Waals surface area contributed by atoms with E-state index in [2.05, 4.69) is 48.0 Å². The molecule has 1 aliphatic heterocycles. The Bertz CT molecular complexity index is 456. The largest absolute Gasteiger partial charge is 0.473 e. The van der Waals surface area contributed by atoms with E-state index in [9.17, 15) is 0 Å². The van der Waals surface area contributed by atoms with Crippen molar-refractivity contribution in [2.24, 2.45) is 0 Å². The van der Waals surface area contributed by atoms with Crippen LogP contribution in [0.15, 0.2) is 24.3 Å². The first-order valence-corrected chi connectivity index (χ1v) is 6.37. The first-order valence-electron chi connectivity index (χ1n) is 6.37. The van der Waals surface area contributed by atoms with Crippen LogP contribution in [0.5, 0.6) is 0 Å². The Morgan fingerprint density at radius 1 is 1.00 bits per heavy atom. The number of aryl methyl sites for hydroxylation is 1. The SMILES string of the molecule is Cc1ccccc1N1CCN(C)CC1.O=C(O)C(=O)O. The molecule has 0 saturated carbocycles. The molecule has 1 fully saturated rings. The number of aliphatic carboxylic acids is 2. The Morgan fingerprint density at radius 3 is 1.95 bits per heavy atom. The lowest BCUT2D eigenvalue weighted by atomic mass is 10.1. The molecule has 1 aromatic rings. The van der Waals surface area contributed by atoms with E-state index in [4.69, 9.17) is 19.8 Å². The molecule has 1 aliphatic rings. The second-order valence-electron chi connectivity index (χ2n) is 4.69. The number of hydrogen-bond acceptors (Lipinski definition) is 4. The zero-order valence-electron chi connectivity index (χ0n) is 11.7. The van der Waals surface area contributed by atoms with Crippen LogP contribution >= 0.6 is 0 Å². The maximum atomic E-state index is 9.10. The molecular formula is C14H20N2O4. The fourth-order valence-corrected chi connectivity index (χ4v) is 1.97. The first kappa shape index (κ1) is 16.0. The summed E-state index contributed by atoms with van der Waals surface area (Å²) in [6, 6.07) is 8.64. The normalized spacial score (nSPS) is 15.2. The average Bonchev–Trinajstić information content (AvgIpc) is 2.41. The van der Waals surface area contributed by atoms with E-state index >= 15 is 0 Å². The Balaban J connectivity index is 0.000000286. The van der Waals surface area contributed by atoms with Gasteiger partial charge in [0.15, 0.2) is 0 Å². The third kappa shape index (κ3) is 4.89. The topological polar surface area (TPSA) is 81.1 Å². The fourth-order valence-electron chi connectivity index (χ4n) is 1.97. The Kier molecular flexibility index (Phi) is 5.99. The zero-order valence-corrected chi connectivity index (χ0v) is 11.7. The maximum absolute atomic E-state index is 9.10. The second-order valence-corrected chi connectivity index (χ2v) is 4.69. The number of anilines is 1. The number of nitrogens with zero attached hydrogens (tertiary/aromatic N) is 2. The number of carboxylic acid groups (broad SMARTS) is 2. The van der Waals surface area contributed by atoms with Crippen LogP contribution in [0, 0.1) is 6.92 Å². The van der Waals surface area contributed by atoms with E-state index in [-0.39, 0.29) is 0 Å². The molecule has 1 aromatic carbocycles. The van der Waals surface area contributed by atoms with Crippen LogP contribution in [-0.2, 0) is 9.59 Å². The summed E-state index contributed by atoms with van der Waals surface area (Å²) in [5.74, 6) is -3.65. The number of rotatable bonds is 1. The van der Waals surface area contributed by atoms with Gasteiger partial charge < -0.3 is 20.0 Å². The summed E-state index contributed by atoms with van der Waals surface area (Å²) in [7, 11) is 2.19. The molecular weight excluding hydrogens is 260 g/mol. The molecule has 0 bridgehead atoms. The molecule has 1 heterocycles. The van der Waals surface area contributed by atoms with Crippen LogP contribution in [0.3, 0.4) is 0 Å². The van der Waals surface area contributed by atoms with E-state index < -0.39 is 11.9 Å². The maximum Gasteiger partial charge on any atom is 0.414 e. The van der Waals surface area contributed by atoms with Gasteiger partial charge in [0.1, 0.15) is 0 Å². The molecule has 0 aliphatic carbocycles. The number of para-hydroxylation sites is 1. The predicted octanol–water partition coefficient (Wildman–Crippen LogP) is 0.902. The molecule has 2 N–H and O–H groups in total. The summed E-state index contributed by atoms with van der Waals surface area (Å²) in [5.41, 5.74) is 2.79. The van der Waals surface area contributed by atoms with Gasteiger partial charge in [-0.05, 0) is 25.6 Å². The highest BCUT2D eigenvalue weighted by Crippen LogP contribution is 2.20. The molecule has 0 spiro atoms. The molecule has 0 aromatic heterocycles. The van der Waals surface area contributed by atoms with Gasteiger partial charge in [0.2, 0.25) is 0 Å². The standard InChI is InChI=1S/C12H18N2.C2H2O4/c1-11-5-3-4-6-12(11)14-9-7-13(2)8-10-14;3-1(4)2(5)6/h3-6H,7-10H2,1-2H3;(H,3,4)(H,5,6). The molecule has 0 unspecified atom stereocenters. The van der Waals surface area contributed by atoms with Crippen molar-refractivity contribution in [1.82, 2.24) is 4.90 Å². The number of piperazine rings is 1. The van der Waals surface area contributed by atoms with Gasteiger partial charge in [-0.2, -0.15) is 0 Å². The van der Waals surface area contributed by atoms with Gasteiger partial charge in [-0.25, -0.2) is 9.59 Å². The van der Waals surface area contributed by atoms with Crippen molar-refractivity contribution in [3.05, 3.63) is 29.8 Å². The molecule has 6 nitrogen and oxygen atoms in total. The number of carbonyl (C=O) groups is 2.